The van der Waals surface area contributed by atoms with Gasteiger partial charge in [0.1, 0.15) is 5.75 Å². The molecular weight excluding hydrogens is 256 g/mol. The quantitative estimate of drug-likeness (QED) is 0.666. The highest BCUT2D eigenvalue weighted by Gasteiger charge is 2.30. The molecule has 0 aliphatic heterocycles. The predicted molar refractivity (Wildman–Crippen MR) is 91.1 cm³/mol. The number of hydrogen-bond acceptors (Lipinski definition) is 1. The smallest absolute Gasteiger partial charge is 0.119 e. The second-order valence-corrected chi connectivity index (χ2v) is 7.21. The molecule has 0 fully saturated rings. The van der Waals surface area contributed by atoms with Gasteiger partial charge in [-0.25, -0.2) is 0 Å². The van der Waals surface area contributed by atoms with Crippen LogP contribution >= 0.6 is 0 Å². The molecule has 0 saturated carbocycles. The first-order valence-electron chi connectivity index (χ1n) is 8.37. The Kier molecular flexibility index (Phi) is 5.13. The monoisotopic (exact) mass is 286 g/mol. The molecule has 1 aliphatic carbocycles. The summed E-state index contributed by atoms with van der Waals surface area (Å²) in [6, 6.07) is 4.23. The van der Waals surface area contributed by atoms with Gasteiger partial charge in [-0.3, -0.25) is 0 Å². The average molecular weight is 286 g/mol. The standard InChI is InChI=1S/C20H30O/c1-13(2)7-6-8-15(4)17-10-9-16(5)20-18(17)11-14(3)12-19(20)21/h7,11-12,15-17,21H,6,8-10H2,1-5H3/t15-,16+,17-/m0/s1. The van der Waals surface area contributed by atoms with Gasteiger partial charge in [-0.1, -0.05) is 31.6 Å². The topological polar surface area (TPSA) is 20.2 Å². The zero-order chi connectivity index (χ0) is 15.6. The Bertz CT molecular complexity index is 523. The van der Waals surface area contributed by atoms with E-state index in [1.54, 1.807) is 0 Å². The lowest BCUT2D eigenvalue weighted by Crippen LogP contribution is -2.19. The third kappa shape index (κ3) is 3.70. The highest BCUT2D eigenvalue weighted by Crippen LogP contribution is 2.47. The third-order valence-electron chi connectivity index (χ3n) is 5.00. The number of rotatable bonds is 4. The van der Waals surface area contributed by atoms with Crippen LogP contribution in [0.5, 0.6) is 5.75 Å². The minimum atomic E-state index is 0.488. The average Bonchev–Trinajstić information content (AvgIpc) is 2.37. The van der Waals surface area contributed by atoms with Crippen LogP contribution in [0.4, 0.5) is 0 Å². The van der Waals surface area contributed by atoms with Crippen molar-refractivity contribution in [3.05, 3.63) is 40.5 Å². The summed E-state index contributed by atoms with van der Waals surface area (Å²) < 4.78 is 0. The minimum absolute atomic E-state index is 0.488. The largest absolute Gasteiger partial charge is 0.508 e. The van der Waals surface area contributed by atoms with Crippen molar-refractivity contribution in [3.63, 3.8) is 0 Å². The van der Waals surface area contributed by atoms with Crippen LogP contribution in [0.3, 0.4) is 0 Å². The SMILES string of the molecule is CC(C)=CCC[C@H](C)[C@@H]1CC[C@@H](C)c2c(O)cc(C)cc21. The van der Waals surface area contributed by atoms with Gasteiger partial charge in [0.15, 0.2) is 0 Å². The van der Waals surface area contributed by atoms with Crippen LogP contribution in [0, 0.1) is 12.8 Å². The molecule has 1 aromatic carbocycles. The normalized spacial score (nSPS) is 22.5. The van der Waals surface area contributed by atoms with Gasteiger partial charge in [0.25, 0.3) is 0 Å². The lowest BCUT2D eigenvalue weighted by atomic mass is 9.71. The number of fused-ring (bicyclic) bond motifs is 1. The van der Waals surface area contributed by atoms with Crippen molar-refractivity contribution in [3.8, 4) is 5.75 Å². The molecule has 21 heavy (non-hydrogen) atoms. The molecule has 0 heterocycles. The first-order valence-corrected chi connectivity index (χ1v) is 8.37. The highest BCUT2D eigenvalue weighted by molar-refractivity contribution is 5.48. The summed E-state index contributed by atoms with van der Waals surface area (Å²) >= 11 is 0. The number of benzene rings is 1. The van der Waals surface area contributed by atoms with E-state index in [1.165, 1.54) is 47.9 Å². The van der Waals surface area contributed by atoms with Crippen LogP contribution in [0.1, 0.15) is 81.9 Å². The molecule has 1 heteroatoms. The fourth-order valence-corrected chi connectivity index (χ4v) is 3.81. The number of allylic oxidation sites excluding steroid dienone is 2. The lowest BCUT2D eigenvalue weighted by Gasteiger charge is -2.34. The molecule has 0 bridgehead atoms. The van der Waals surface area contributed by atoms with Crippen LogP contribution in [0.2, 0.25) is 0 Å². The second-order valence-electron chi connectivity index (χ2n) is 7.21. The summed E-state index contributed by atoms with van der Waals surface area (Å²) in [5.74, 6) is 2.28. The Labute approximate surface area is 130 Å². The van der Waals surface area contributed by atoms with E-state index < -0.39 is 0 Å². The molecule has 0 amide bonds. The van der Waals surface area contributed by atoms with Crippen LogP contribution in [0.25, 0.3) is 0 Å². The van der Waals surface area contributed by atoms with Crippen LogP contribution in [0.15, 0.2) is 23.8 Å². The van der Waals surface area contributed by atoms with E-state index in [4.69, 9.17) is 0 Å². The van der Waals surface area contributed by atoms with Crippen molar-refractivity contribution in [2.45, 2.75) is 72.1 Å². The van der Waals surface area contributed by atoms with E-state index in [2.05, 4.69) is 46.8 Å². The fraction of sp³-hybridized carbons (Fsp3) is 0.600. The summed E-state index contributed by atoms with van der Waals surface area (Å²) in [6.45, 7) is 11.1. The molecule has 0 spiro atoms. The van der Waals surface area contributed by atoms with Crippen LogP contribution in [-0.2, 0) is 0 Å². The van der Waals surface area contributed by atoms with Gasteiger partial charge >= 0.3 is 0 Å². The number of phenolic OH excluding ortho intramolecular Hbond substituents is 1. The maximum atomic E-state index is 10.3. The summed E-state index contributed by atoms with van der Waals surface area (Å²) in [5.41, 5.74) is 5.22. The molecule has 0 unspecified atom stereocenters. The van der Waals surface area contributed by atoms with E-state index in [0.29, 0.717) is 23.5 Å². The minimum Gasteiger partial charge on any atom is -0.508 e. The van der Waals surface area contributed by atoms with Gasteiger partial charge < -0.3 is 5.11 Å². The molecule has 1 aliphatic rings. The first kappa shape index (κ1) is 16.1. The molecule has 0 radical (unpaired) electrons. The fourth-order valence-electron chi connectivity index (χ4n) is 3.81. The lowest BCUT2D eigenvalue weighted by molar-refractivity contribution is 0.361. The van der Waals surface area contributed by atoms with E-state index >= 15 is 0 Å². The van der Waals surface area contributed by atoms with Gasteiger partial charge in [0.2, 0.25) is 0 Å². The molecule has 0 aromatic heterocycles. The third-order valence-corrected chi connectivity index (χ3v) is 5.00. The van der Waals surface area contributed by atoms with Crippen molar-refractivity contribution in [1.82, 2.24) is 0 Å². The molecule has 2 rings (SSSR count). The van der Waals surface area contributed by atoms with Crippen molar-refractivity contribution in [2.24, 2.45) is 5.92 Å². The van der Waals surface area contributed by atoms with E-state index in [9.17, 15) is 5.11 Å². The van der Waals surface area contributed by atoms with E-state index in [-0.39, 0.29) is 0 Å². The summed E-state index contributed by atoms with van der Waals surface area (Å²) in [5, 5.41) is 10.3. The number of aromatic hydroxyl groups is 1. The summed E-state index contributed by atoms with van der Waals surface area (Å²) in [4.78, 5) is 0. The maximum Gasteiger partial charge on any atom is 0.119 e. The van der Waals surface area contributed by atoms with Gasteiger partial charge in [0, 0.05) is 5.56 Å². The van der Waals surface area contributed by atoms with Crippen molar-refractivity contribution in [2.75, 3.05) is 0 Å². The molecule has 116 valence electrons. The van der Waals surface area contributed by atoms with Crippen molar-refractivity contribution < 1.29 is 5.11 Å². The molecule has 1 aromatic rings. The first-order chi connectivity index (χ1) is 9.90. The molecular formula is C20H30O. The molecule has 1 N–H and O–H groups in total. The number of hydrogen-bond donors (Lipinski definition) is 1. The second kappa shape index (κ2) is 6.68. The maximum absolute atomic E-state index is 10.3. The van der Waals surface area contributed by atoms with Gasteiger partial charge in [-0.05, 0) is 81.4 Å². The van der Waals surface area contributed by atoms with Gasteiger partial charge in [-0.2, -0.15) is 0 Å². The molecule has 0 saturated heterocycles. The Morgan fingerprint density at radius 2 is 2.05 bits per heavy atom. The van der Waals surface area contributed by atoms with Gasteiger partial charge in [0.05, 0.1) is 0 Å². The van der Waals surface area contributed by atoms with Crippen molar-refractivity contribution >= 4 is 0 Å². The predicted octanol–water partition coefficient (Wildman–Crippen LogP) is 6.06. The summed E-state index contributed by atoms with van der Waals surface area (Å²) in [6.07, 6.45) is 7.20. The molecule has 1 nitrogen and oxygen atoms in total. The van der Waals surface area contributed by atoms with Gasteiger partial charge in [-0.15, -0.1) is 0 Å². The zero-order valence-electron chi connectivity index (χ0n) is 14.2. The Balaban J connectivity index is 2.24. The van der Waals surface area contributed by atoms with E-state index in [0.717, 1.165) is 0 Å². The highest BCUT2D eigenvalue weighted by atomic mass is 16.3. The van der Waals surface area contributed by atoms with Crippen LogP contribution < -0.4 is 0 Å². The van der Waals surface area contributed by atoms with E-state index in [1.807, 2.05) is 6.07 Å². The number of aryl methyl sites for hydroxylation is 1. The molecule has 3 atom stereocenters. The summed E-state index contributed by atoms with van der Waals surface area (Å²) in [7, 11) is 0. The van der Waals surface area contributed by atoms with Crippen molar-refractivity contribution in [1.29, 1.82) is 0 Å². The Morgan fingerprint density at radius 3 is 2.71 bits per heavy atom. The Hall–Kier alpha value is -1.24. The Morgan fingerprint density at radius 1 is 1.33 bits per heavy atom. The van der Waals surface area contributed by atoms with Crippen LogP contribution in [-0.4, -0.2) is 5.11 Å². The number of phenols is 1. The zero-order valence-corrected chi connectivity index (χ0v) is 14.2.